The van der Waals surface area contributed by atoms with E-state index in [-0.39, 0.29) is 5.56 Å². The maximum absolute atomic E-state index is 12.3. The molecular formula is C17H25N3O. The molecule has 4 aliphatic carbocycles. The number of nitrogens with zero attached hydrogens (tertiary/aromatic N) is 3. The lowest BCUT2D eigenvalue weighted by Crippen LogP contribution is -2.49. The van der Waals surface area contributed by atoms with Crippen molar-refractivity contribution in [3.05, 3.63) is 22.6 Å². The van der Waals surface area contributed by atoms with Crippen molar-refractivity contribution in [1.29, 1.82) is 0 Å². The van der Waals surface area contributed by atoms with Crippen molar-refractivity contribution in [2.24, 2.45) is 23.2 Å². The molecule has 5 rings (SSSR count). The molecule has 4 saturated carbocycles. The van der Waals surface area contributed by atoms with Crippen molar-refractivity contribution < 1.29 is 0 Å². The minimum atomic E-state index is 0.0527. The van der Waals surface area contributed by atoms with Crippen LogP contribution in [0, 0.1) is 23.2 Å². The van der Waals surface area contributed by atoms with Gasteiger partial charge in [-0.05, 0) is 61.7 Å². The Morgan fingerprint density at radius 3 is 2.24 bits per heavy atom. The fourth-order valence-corrected chi connectivity index (χ4v) is 5.59. The normalized spacial score (nSPS) is 37.0. The summed E-state index contributed by atoms with van der Waals surface area (Å²) in [5.41, 5.74) is 1.31. The Kier molecular flexibility index (Phi) is 2.92. The molecule has 114 valence electrons. The summed E-state index contributed by atoms with van der Waals surface area (Å²) in [5.74, 6) is 2.77. The van der Waals surface area contributed by atoms with Crippen LogP contribution in [0.3, 0.4) is 0 Å². The third-order valence-corrected chi connectivity index (χ3v) is 6.02. The highest BCUT2D eigenvalue weighted by molar-refractivity contribution is 5.40. The molecule has 1 aromatic rings. The summed E-state index contributed by atoms with van der Waals surface area (Å²) in [4.78, 5) is 14.3. The molecule has 4 heteroatoms. The van der Waals surface area contributed by atoms with E-state index in [2.05, 4.69) is 5.10 Å². The SMILES string of the molecule is CN(C)c1cnn(CC23CC4CC(CC(C4)C2)C3)c(=O)c1. The lowest BCUT2D eigenvalue weighted by Gasteiger charge is -2.56. The molecule has 0 saturated heterocycles. The van der Waals surface area contributed by atoms with E-state index in [9.17, 15) is 4.79 Å². The average molecular weight is 287 g/mol. The second-order valence-electron chi connectivity index (χ2n) is 8.02. The van der Waals surface area contributed by atoms with Gasteiger partial charge in [0.15, 0.2) is 0 Å². The van der Waals surface area contributed by atoms with Crippen LogP contribution in [0.15, 0.2) is 17.1 Å². The van der Waals surface area contributed by atoms with Crippen molar-refractivity contribution >= 4 is 5.69 Å². The van der Waals surface area contributed by atoms with Crippen LogP contribution in [0.25, 0.3) is 0 Å². The minimum absolute atomic E-state index is 0.0527. The van der Waals surface area contributed by atoms with Gasteiger partial charge < -0.3 is 4.90 Å². The standard InChI is InChI=1S/C17H25N3O/c1-19(2)15-6-16(21)20(18-10-15)11-17-7-12-3-13(8-17)5-14(4-12)9-17/h6,10,12-14H,3-5,7-9,11H2,1-2H3. The van der Waals surface area contributed by atoms with Crippen molar-refractivity contribution in [3.8, 4) is 0 Å². The Bertz CT molecular complexity index is 569. The summed E-state index contributed by atoms with van der Waals surface area (Å²) in [6.45, 7) is 0.836. The molecule has 0 radical (unpaired) electrons. The summed E-state index contributed by atoms with van der Waals surface area (Å²) in [7, 11) is 3.89. The molecule has 0 unspecified atom stereocenters. The minimum Gasteiger partial charge on any atom is -0.376 e. The van der Waals surface area contributed by atoms with Gasteiger partial charge in [-0.1, -0.05) is 0 Å². The number of anilines is 1. The highest BCUT2D eigenvalue weighted by atomic mass is 16.1. The van der Waals surface area contributed by atoms with Crippen LogP contribution in [0.2, 0.25) is 0 Å². The molecule has 4 nitrogen and oxygen atoms in total. The first-order valence-electron chi connectivity index (χ1n) is 8.27. The van der Waals surface area contributed by atoms with Gasteiger partial charge in [0.2, 0.25) is 0 Å². The second kappa shape index (κ2) is 4.59. The van der Waals surface area contributed by atoms with Gasteiger partial charge in [-0.2, -0.15) is 5.10 Å². The predicted molar refractivity (Wildman–Crippen MR) is 83.4 cm³/mol. The molecular weight excluding hydrogens is 262 g/mol. The smallest absolute Gasteiger partial charge is 0.268 e. The van der Waals surface area contributed by atoms with Gasteiger partial charge in [0.1, 0.15) is 0 Å². The topological polar surface area (TPSA) is 38.1 Å². The molecule has 0 spiro atoms. The number of hydrogen-bond acceptors (Lipinski definition) is 3. The molecule has 0 aromatic carbocycles. The molecule has 0 amide bonds. The van der Waals surface area contributed by atoms with Gasteiger partial charge >= 0.3 is 0 Å². The van der Waals surface area contributed by atoms with E-state index in [1.165, 1.54) is 38.5 Å². The van der Waals surface area contributed by atoms with Gasteiger partial charge in [-0.3, -0.25) is 4.79 Å². The fraction of sp³-hybridized carbons (Fsp3) is 0.765. The maximum Gasteiger partial charge on any atom is 0.268 e. The molecule has 21 heavy (non-hydrogen) atoms. The van der Waals surface area contributed by atoms with Crippen LogP contribution in [0.4, 0.5) is 5.69 Å². The Hall–Kier alpha value is -1.32. The summed E-state index contributed by atoms with van der Waals surface area (Å²) in [6.07, 6.45) is 10.1. The summed E-state index contributed by atoms with van der Waals surface area (Å²) < 4.78 is 1.72. The number of hydrogen-bond donors (Lipinski definition) is 0. The van der Waals surface area contributed by atoms with Gasteiger partial charge in [-0.25, -0.2) is 4.68 Å². The monoisotopic (exact) mass is 287 g/mol. The fourth-order valence-electron chi connectivity index (χ4n) is 5.59. The van der Waals surface area contributed by atoms with E-state index in [1.807, 2.05) is 25.2 Å². The van der Waals surface area contributed by atoms with Crippen molar-refractivity contribution in [3.63, 3.8) is 0 Å². The molecule has 0 aliphatic heterocycles. The van der Waals surface area contributed by atoms with E-state index in [0.717, 1.165) is 30.0 Å². The first kappa shape index (κ1) is 13.4. The maximum atomic E-state index is 12.3. The van der Waals surface area contributed by atoms with E-state index in [4.69, 9.17) is 0 Å². The first-order chi connectivity index (χ1) is 10.0. The Morgan fingerprint density at radius 2 is 1.76 bits per heavy atom. The van der Waals surface area contributed by atoms with Gasteiger partial charge in [0, 0.05) is 20.2 Å². The van der Waals surface area contributed by atoms with Crippen LogP contribution >= 0.6 is 0 Å². The van der Waals surface area contributed by atoms with Crippen LogP contribution < -0.4 is 10.5 Å². The zero-order valence-electron chi connectivity index (χ0n) is 13.1. The highest BCUT2D eigenvalue weighted by Crippen LogP contribution is 2.60. The molecule has 1 heterocycles. The van der Waals surface area contributed by atoms with E-state index >= 15 is 0 Å². The third kappa shape index (κ3) is 2.29. The van der Waals surface area contributed by atoms with E-state index in [0.29, 0.717) is 5.41 Å². The molecule has 1 aromatic heterocycles. The number of rotatable bonds is 3. The van der Waals surface area contributed by atoms with Crippen molar-refractivity contribution in [2.45, 2.75) is 45.1 Å². The lowest BCUT2D eigenvalue weighted by molar-refractivity contribution is -0.0642. The Labute approximate surface area is 126 Å². The van der Waals surface area contributed by atoms with E-state index in [1.54, 1.807) is 10.7 Å². The molecule has 0 atom stereocenters. The van der Waals surface area contributed by atoms with Crippen molar-refractivity contribution in [1.82, 2.24) is 9.78 Å². The average Bonchev–Trinajstić information content (AvgIpc) is 2.39. The Balaban J connectivity index is 1.60. The molecule has 4 fully saturated rings. The van der Waals surface area contributed by atoms with E-state index < -0.39 is 0 Å². The van der Waals surface area contributed by atoms with Crippen LogP contribution in [0.5, 0.6) is 0 Å². The Morgan fingerprint density at radius 1 is 1.19 bits per heavy atom. The van der Waals surface area contributed by atoms with Crippen LogP contribution in [-0.4, -0.2) is 23.9 Å². The zero-order chi connectivity index (χ0) is 14.6. The molecule has 4 bridgehead atoms. The summed E-state index contributed by atoms with van der Waals surface area (Å²) in [5, 5.41) is 4.44. The molecule has 4 aliphatic rings. The highest BCUT2D eigenvalue weighted by Gasteiger charge is 2.51. The number of aromatic nitrogens is 2. The van der Waals surface area contributed by atoms with Crippen molar-refractivity contribution in [2.75, 3.05) is 19.0 Å². The third-order valence-electron chi connectivity index (χ3n) is 6.02. The second-order valence-corrected chi connectivity index (χ2v) is 8.02. The van der Waals surface area contributed by atoms with Gasteiger partial charge in [0.25, 0.3) is 5.56 Å². The quantitative estimate of drug-likeness (QED) is 0.857. The summed E-state index contributed by atoms with van der Waals surface area (Å²) >= 11 is 0. The van der Waals surface area contributed by atoms with Gasteiger partial charge in [0.05, 0.1) is 18.4 Å². The largest absolute Gasteiger partial charge is 0.376 e. The van der Waals surface area contributed by atoms with Gasteiger partial charge in [-0.15, -0.1) is 0 Å². The van der Waals surface area contributed by atoms with Crippen LogP contribution in [0.1, 0.15) is 38.5 Å². The first-order valence-corrected chi connectivity index (χ1v) is 8.27. The van der Waals surface area contributed by atoms with Crippen LogP contribution in [-0.2, 0) is 6.54 Å². The summed E-state index contributed by atoms with van der Waals surface area (Å²) in [6, 6.07) is 1.72. The zero-order valence-corrected chi connectivity index (χ0v) is 13.1. The predicted octanol–water partition coefficient (Wildman–Crippen LogP) is 2.53. The molecule has 0 N–H and O–H groups in total. The lowest BCUT2D eigenvalue weighted by atomic mass is 9.49.